The normalized spacial score (nSPS) is 18.3. The molecule has 0 saturated carbocycles. The summed E-state index contributed by atoms with van der Waals surface area (Å²) in [6, 6.07) is 6.08. The molecule has 0 aromatic heterocycles. The first kappa shape index (κ1) is 14.6. The Balaban J connectivity index is 2.22. The Morgan fingerprint density at radius 2 is 2.16 bits per heavy atom. The van der Waals surface area contributed by atoms with Gasteiger partial charge in [0.1, 0.15) is 5.75 Å². The van der Waals surface area contributed by atoms with Crippen LogP contribution in [0.1, 0.15) is 18.0 Å². The van der Waals surface area contributed by atoms with Gasteiger partial charge in [0.05, 0.1) is 12.1 Å². The molecule has 1 aromatic carbocycles. The van der Waals surface area contributed by atoms with Crippen molar-refractivity contribution in [1.82, 2.24) is 10.2 Å². The Kier molecular flexibility index (Phi) is 5.45. The molecule has 5 heteroatoms. The van der Waals surface area contributed by atoms with E-state index in [1.54, 1.807) is 7.11 Å². The lowest BCUT2D eigenvalue weighted by Crippen LogP contribution is -2.45. The maximum absolute atomic E-state index is 9.31. The minimum absolute atomic E-state index is 0.180. The molecule has 1 fully saturated rings. The van der Waals surface area contributed by atoms with E-state index in [4.69, 9.17) is 16.3 Å². The molecule has 0 unspecified atom stereocenters. The summed E-state index contributed by atoms with van der Waals surface area (Å²) in [6.45, 7) is 4.16. The van der Waals surface area contributed by atoms with Crippen LogP contribution in [0.15, 0.2) is 18.2 Å². The first-order valence-corrected chi connectivity index (χ1v) is 7.03. The van der Waals surface area contributed by atoms with Gasteiger partial charge in [-0.2, -0.15) is 0 Å². The van der Waals surface area contributed by atoms with E-state index in [1.807, 2.05) is 18.2 Å². The number of piperazine rings is 1. The second kappa shape index (κ2) is 7.10. The highest BCUT2D eigenvalue weighted by Crippen LogP contribution is 2.31. The van der Waals surface area contributed by atoms with Crippen LogP contribution in [0.5, 0.6) is 5.75 Å². The molecule has 0 spiro atoms. The highest BCUT2D eigenvalue weighted by Gasteiger charge is 2.22. The summed E-state index contributed by atoms with van der Waals surface area (Å²) < 4.78 is 5.28. The predicted molar refractivity (Wildman–Crippen MR) is 76.9 cm³/mol. The summed E-state index contributed by atoms with van der Waals surface area (Å²) in [5.41, 5.74) is 1.15. The van der Waals surface area contributed by atoms with Crippen molar-refractivity contribution >= 4 is 11.6 Å². The molecule has 4 nitrogen and oxygen atoms in total. The van der Waals surface area contributed by atoms with Gasteiger partial charge in [-0.3, -0.25) is 4.90 Å². The first-order valence-electron chi connectivity index (χ1n) is 6.65. The lowest BCUT2D eigenvalue weighted by Gasteiger charge is -2.35. The smallest absolute Gasteiger partial charge is 0.137 e. The van der Waals surface area contributed by atoms with Gasteiger partial charge in [0.15, 0.2) is 0 Å². The molecule has 1 atom stereocenters. The lowest BCUT2D eigenvalue weighted by atomic mass is 10.0. The van der Waals surface area contributed by atoms with Crippen molar-refractivity contribution in [3.63, 3.8) is 0 Å². The third kappa shape index (κ3) is 3.60. The van der Waals surface area contributed by atoms with Crippen LogP contribution in [0, 0.1) is 0 Å². The largest absolute Gasteiger partial charge is 0.495 e. The Bertz CT molecular complexity index is 408. The number of aliphatic hydroxyl groups is 1. The molecule has 19 heavy (non-hydrogen) atoms. The molecule has 0 bridgehead atoms. The van der Waals surface area contributed by atoms with E-state index in [0.717, 1.165) is 38.2 Å². The number of nitrogens with zero attached hydrogens (tertiary/aromatic N) is 1. The van der Waals surface area contributed by atoms with Crippen LogP contribution >= 0.6 is 11.6 Å². The number of ether oxygens (including phenoxy) is 1. The summed E-state index contributed by atoms with van der Waals surface area (Å²) in [4.78, 5) is 2.40. The fourth-order valence-corrected chi connectivity index (χ4v) is 2.75. The Hall–Kier alpha value is -0.810. The molecule has 0 amide bonds. The van der Waals surface area contributed by atoms with E-state index >= 15 is 0 Å². The fourth-order valence-electron chi connectivity index (χ4n) is 2.56. The second-order valence-corrected chi connectivity index (χ2v) is 5.12. The molecule has 1 aromatic rings. The van der Waals surface area contributed by atoms with Gasteiger partial charge >= 0.3 is 0 Å². The number of rotatable bonds is 5. The number of aliphatic hydroxyl groups excluding tert-OH is 1. The van der Waals surface area contributed by atoms with Gasteiger partial charge in [0.2, 0.25) is 0 Å². The van der Waals surface area contributed by atoms with Gasteiger partial charge in [0.25, 0.3) is 0 Å². The van der Waals surface area contributed by atoms with Crippen molar-refractivity contribution in [2.24, 2.45) is 0 Å². The Morgan fingerprint density at radius 3 is 2.79 bits per heavy atom. The van der Waals surface area contributed by atoms with E-state index in [0.29, 0.717) is 10.8 Å². The summed E-state index contributed by atoms with van der Waals surface area (Å²) >= 11 is 6.07. The highest BCUT2D eigenvalue weighted by molar-refractivity contribution is 6.32. The quantitative estimate of drug-likeness (QED) is 0.863. The summed E-state index contributed by atoms with van der Waals surface area (Å²) in [7, 11) is 1.62. The molecule has 1 heterocycles. The van der Waals surface area contributed by atoms with E-state index < -0.39 is 0 Å². The number of methoxy groups -OCH3 is 1. The molecular formula is C14H21ClN2O2. The van der Waals surface area contributed by atoms with Crippen LogP contribution in [-0.2, 0) is 0 Å². The minimum atomic E-state index is 0.180. The number of hydrogen-bond donors (Lipinski definition) is 2. The second-order valence-electron chi connectivity index (χ2n) is 4.71. The van der Waals surface area contributed by atoms with Crippen molar-refractivity contribution in [2.75, 3.05) is 39.9 Å². The zero-order valence-electron chi connectivity index (χ0n) is 11.2. The molecule has 106 valence electrons. The third-order valence-corrected chi connectivity index (χ3v) is 3.87. The van der Waals surface area contributed by atoms with Crippen LogP contribution in [-0.4, -0.2) is 49.9 Å². The number of nitrogens with one attached hydrogen (secondary N) is 1. The standard InChI is InChI=1S/C14H21ClN2O2/c1-19-14-10-11(2-3-12(14)15)13(4-9-18)17-7-5-16-6-8-17/h2-3,10,13,16,18H,4-9H2,1H3/t13-/m1/s1. The summed E-state index contributed by atoms with van der Waals surface area (Å²) in [5, 5.41) is 13.3. The minimum Gasteiger partial charge on any atom is -0.495 e. The average Bonchev–Trinajstić information content (AvgIpc) is 2.46. The van der Waals surface area contributed by atoms with Gasteiger partial charge in [-0.05, 0) is 24.1 Å². The van der Waals surface area contributed by atoms with Gasteiger partial charge in [-0.25, -0.2) is 0 Å². The first-order chi connectivity index (χ1) is 9.26. The van der Waals surface area contributed by atoms with Crippen LogP contribution < -0.4 is 10.1 Å². The molecule has 0 radical (unpaired) electrons. The summed E-state index contributed by atoms with van der Waals surface area (Å²) in [5.74, 6) is 0.692. The maximum atomic E-state index is 9.31. The molecular weight excluding hydrogens is 264 g/mol. The van der Waals surface area contributed by atoms with E-state index in [2.05, 4.69) is 10.2 Å². The van der Waals surface area contributed by atoms with Crippen molar-refractivity contribution in [1.29, 1.82) is 0 Å². The van der Waals surface area contributed by atoms with E-state index in [1.165, 1.54) is 0 Å². The van der Waals surface area contributed by atoms with Gasteiger partial charge < -0.3 is 15.2 Å². The van der Waals surface area contributed by atoms with Gasteiger partial charge in [-0.1, -0.05) is 17.7 Å². The molecule has 1 saturated heterocycles. The number of halogens is 1. The SMILES string of the molecule is COc1cc([C@@H](CCO)N2CCNCC2)ccc1Cl. The van der Waals surface area contributed by atoms with Crippen molar-refractivity contribution < 1.29 is 9.84 Å². The number of hydrogen-bond acceptors (Lipinski definition) is 4. The molecule has 2 N–H and O–H groups in total. The van der Waals surface area contributed by atoms with Crippen LogP contribution in [0.4, 0.5) is 0 Å². The summed E-state index contributed by atoms with van der Waals surface area (Å²) in [6.07, 6.45) is 0.727. The highest BCUT2D eigenvalue weighted by atomic mass is 35.5. The van der Waals surface area contributed by atoms with E-state index in [-0.39, 0.29) is 12.6 Å². The molecule has 0 aliphatic carbocycles. The van der Waals surface area contributed by atoms with E-state index in [9.17, 15) is 5.11 Å². The molecule has 2 rings (SSSR count). The van der Waals surface area contributed by atoms with Crippen LogP contribution in [0.3, 0.4) is 0 Å². The third-order valence-electron chi connectivity index (χ3n) is 3.55. The zero-order valence-corrected chi connectivity index (χ0v) is 12.0. The molecule has 1 aliphatic heterocycles. The van der Waals surface area contributed by atoms with Crippen LogP contribution in [0.2, 0.25) is 5.02 Å². The van der Waals surface area contributed by atoms with Gasteiger partial charge in [-0.15, -0.1) is 0 Å². The van der Waals surface area contributed by atoms with Crippen LogP contribution in [0.25, 0.3) is 0 Å². The van der Waals surface area contributed by atoms with Crippen molar-refractivity contribution in [2.45, 2.75) is 12.5 Å². The maximum Gasteiger partial charge on any atom is 0.137 e. The zero-order chi connectivity index (χ0) is 13.7. The van der Waals surface area contributed by atoms with Gasteiger partial charge in [0, 0.05) is 38.8 Å². The molecule has 1 aliphatic rings. The Labute approximate surface area is 119 Å². The fraction of sp³-hybridized carbons (Fsp3) is 0.571. The monoisotopic (exact) mass is 284 g/mol. The lowest BCUT2D eigenvalue weighted by molar-refractivity contribution is 0.141. The number of benzene rings is 1. The van der Waals surface area contributed by atoms with Crippen molar-refractivity contribution in [3.8, 4) is 5.75 Å². The topological polar surface area (TPSA) is 44.7 Å². The predicted octanol–water partition coefficient (Wildman–Crippen LogP) is 1.68. The Morgan fingerprint density at radius 1 is 1.42 bits per heavy atom. The average molecular weight is 285 g/mol. The van der Waals surface area contributed by atoms with Crippen molar-refractivity contribution in [3.05, 3.63) is 28.8 Å².